The summed E-state index contributed by atoms with van der Waals surface area (Å²) in [6.45, 7) is 2.50. The lowest BCUT2D eigenvalue weighted by Gasteiger charge is -2.27. The van der Waals surface area contributed by atoms with E-state index in [1.807, 2.05) is 6.92 Å². The molecule has 1 fully saturated rings. The molecule has 3 amide bonds. The van der Waals surface area contributed by atoms with Crippen LogP contribution < -0.4 is 0 Å². The highest BCUT2D eigenvalue weighted by Gasteiger charge is 2.51. The summed E-state index contributed by atoms with van der Waals surface area (Å²) in [5, 5.41) is 0. The monoisotopic (exact) mass is 280 g/mol. The van der Waals surface area contributed by atoms with Crippen molar-refractivity contribution in [2.24, 2.45) is 5.92 Å². The minimum Gasteiger partial charge on any atom is -0.463 e. The standard InChI is InChI=1S/C13H18N3O4/c1-5-6-16-9(12(18)20-4)7-8-10(16)14(2)13(19)15(3)11(8)17/h7-8H,5-6H2,1-4H3/q+1. The molecule has 0 aromatic rings. The van der Waals surface area contributed by atoms with Crippen LogP contribution in [0, 0.1) is 5.92 Å². The fourth-order valence-corrected chi connectivity index (χ4v) is 2.55. The van der Waals surface area contributed by atoms with Crippen LogP contribution in [0.4, 0.5) is 4.79 Å². The Bertz CT molecular complexity index is 550. The van der Waals surface area contributed by atoms with Crippen molar-refractivity contribution < 1.29 is 23.7 Å². The molecule has 0 aromatic heterocycles. The van der Waals surface area contributed by atoms with Crippen LogP contribution in [0.5, 0.6) is 0 Å². The van der Waals surface area contributed by atoms with E-state index in [0.717, 1.165) is 11.3 Å². The molecule has 1 atom stereocenters. The van der Waals surface area contributed by atoms with Crippen LogP contribution in [0.1, 0.15) is 13.3 Å². The van der Waals surface area contributed by atoms with Gasteiger partial charge in [0.25, 0.3) is 11.7 Å². The van der Waals surface area contributed by atoms with Gasteiger partial charge in [0.1, 0.15) is 0 Å². The summed E-state index contributed by atoms with van der Waals surface area (Å²) >= 11 is 0. The maximum Gasteiger partial charge on any atom is 0.417 e. The smallest absolute Gasteiger partial charge is 0.417 e. The number of hydrogen-bond donors (Lipinski definition) is 0. The zero-order valence-electron chi connectivity index (χ0n) is 12.0. The molecule has 2 aliphatic rings. The van der Waals surface area contributed by atoms with Gasteiger partial charge in [0.15, 0.2) is 5.92 Å². The summed E-state index contributed by atoms with van der Waals surface area (Å²) < 4.78 is 6.44. The third kappa shape index (κ3) is 1.90. The fourth-order valence-electron chi connectivity index (χ4n) is 2.55. The number of methoxy groups -OCH3 is 1. The number of fused-ring (bicyclic) bond motifs is 1. The molecule has 7 heteroatoms. The van der Waals surface area contributed by atoms with Crippen molar-refractivity contribution in [1.29, 1.82) is 0 Å². The normalized spacial score (nSPS) is 22.2. The first-order chi connectivity index (χ1) is 9.43. The molecule has 0 spiro atoms. The van der Waals surface area contributed by atoms with Gasteiger partial charge in [0, 0.05) is 7.05 Å². The van der Waals surface area contributed by atoms with Gasteiger partial charge in [0.2, 0.25) is 5.70 Å². The second-order valence-corrected chi connectivity index (χ2v) is 4.77. The molecule has 0 saturated carbocycles. The fraction of sp³-hybridized carbons (Fsp3) is 0.538. The van der Waals surface area contributed by atoms with E-state index in [4.69, 9.17) is 4.74 Å². The summed E-state index contributed by atoms with van der Waals surface area (Å²) in [5.74, 6) is -0.913. The number of nitrogens with zero attached hydrogens (tertiary/aromatic N) is 3. The Balaban J connectivity index is 2.55. The number of rotatable bonds is 3. The Labute approximate surface area is 117 Å². The van der Waals surface area contributed by atoms with Crippen molar-refractivity contribution in [3.05, 3.63) is 11.8 Å². The Morgan fingerprint density at radius 3 is 2.55 bits per heavy atom. The van der Waals surface area contributed by atoms with Gasteiger partial charge in [-0.05, 0) is 12.5 Å². The van der Waals surface area contributed by atoms with Crippen molar-refractivity contribution in [2.75, 3.05) is 27.7 Å². The van der Waals surface area contributed by atoms with E-state index in [1.54, 1.807) is 17.7 Å². The van der Waals surface area contributed by atoms with E-state index in [0.29, 0.717) is 18.1 Å². The number of urea groups is 1. The minimum absolute atomic E-state index is 0.317. The lowest BCUT2D eigenvalue weighted by Crippen LogP contribution is -2.57. The molecule has 0 bridgehead atoms. The van der Waals surface area contributed by atoms with Crippen LogP contribution in [0.15, 0.2) is 11.8 Å². The van der Waals surface area contributed by atoms with Crippen LogP contribution in [0.3, 0.4) is 0 Å². The van der Waals surface area contributed by atoms with Gasteiger partial charge in [-0.2, -0.15) is 4.90 Å². The third-order valence-corrected chi connectivity index (χ3v) is 3.53. The predicted molar refractivity (Wildman–Crippen MR) is 69.9 cm³/mol. The predicted octanol–water partition coefficient (Wildman–Crippen LogP) is 0.0179. The van der Waals surface area contributed by atoms with Gasteiger partial charge in [-0.15, -0.1) is 0 Å². The number of ether oxygens (including phenoxy) is 1. The lowest BCUT2D eigenvalue weighted by atomic mass is 10.0. The number of amidine groups is 1. The number of esters is 1. The quantitative estimate of drug-likeness (QED) is 0.540. The zero-order chi connectivity index (χ0) is 15.0. The van der Waals surface area contributed by atoms with Gasteiger partial charge in [-0.1, -0.05) is 6.92 Å². The minimum atomic E-state index is -0.608. The van der Waals surface area contributed by atoms with E-state index >= 15 is 0 Å². The van der Waals surface area contributed by atoms with Crippen molar-refractivity contribution in [3.63, 3.8) is 0 Å². The van der Waals surface area contributed by atoms with E-state index in [-0.39, 0.29) is 5.91 Å². The average Bonchev–Trinajstić information content (AvgIpc) is 2.82. The molecule has 1 saturated heterocycles. The van der Waals surface area contributed by atoms with Crippen LogP contribution in [0.25, 0.3) is 0 Å². The average molecular weight is 280 g/mol. The summed E-state index contributed by atoms with van der Waals surface area (Å²) in [7, 11) is 4.33. The first-order valence-corrected chi connectivity index (χ1v) is 6.43. The van der Waals surface area contributed by atoms with Crippen molar-refractivity contribution >= 4 is 23.7 Å². The summed E-state index contributed by atoms with van der Waals surface area (Å²) in [6.07, 6.45) is 2.34. The first kappa shape index (κ1) is 14.2. The molecule has 2 heterocycles. The van der Waals surface area contributed by atoms with Crippen LogP contribution >= 0.6 is 0 Å². The number of carbonyl (C=O) groups is 3. The van der Waals surface area contributed by atoms with Gasteiger partial charge < -0.3 is 4.74 Å². The number of carbonyl (C=O) groups excluding carboxylic acids is 3. The first-order valence-electron chi connectivity index (χ1n) is 6.43. The summed E-state index contributed by atoms with van der Waals surface area (Å²) in [4.78, 5) is 38.5. The van der Waals surface area contributed by atoms with E-state index < -0.39 is 17.9 Å². The molecule has 20 heavy (non-hydrogen) atoms. The van der Waals surface area contributed by atoms with Gasteiger partial charge in [0.05, 0.1) is 20.7 Å². The molecular weight excluding hydrogens is 262 g/mol. The SMILES string of the molecule is CCC[N+]1=C2C(C=C1C(=O)OC)C(=O)N(C)C(=O)N2C. The molecule has 0 aliphatic carbocycles. The summed E-state index contributed by atoms with van der Waals surface area (Å²) in [6, 6.07) is -0.401. The van der Waals surface area contributed by atoms with E-state index in [9.17, 15) is 14.4 Å². The summed E-state index contributed by atoms with van der Waals surface area (Å²) in [5.41, 5.74) is 0.317. The second-order valence-electron chi connectivity index (χ2n) is 4.77. The molecule has 7 nitrogen and oxygen atoms in total. The maximum absolute atomic E-state index is 12.2. The van der Waals surface area contributed by atoms with E-state index in [2.05, 4.69) is 0 Å². The lowest BCUT2D eigenvalue weighted by molar-refractivity contribution is -0.475. The molecule has 0 radical (unpaired) electrons. The van der Waals surface area contributed by atoms with Crippen LogP contribution in [-0.4, -0.2) is 65.9 Å². The van der Waals surface area contributed by atoms with Crippen LogP contribution in [-0.2, 0) is 14.3 Å². The molecule has 2 aliphatic heterocycles. The Kier molecular flexibility index (Phi) is 3.61. The molecule has 0 aromatic carbocycles. The number of imide groups is 1. The largest absolute Gasteiger partial charge is 0.463 e. The highest BCUT2D eigenvalue weighted by Crippen LogP contribution is 2.26. The zero-order valence-corrected chi connectivity index (χ0v) is 12.0. The molecule has 0 N–H and O–H groups in total. The Hall–Kier alpha value is -2.18. The number of amides is 3. The van der Waals surface area contributed by atoms with Gasteiger partial charge in [-0.3, -0.25) is 4.79 Å². The highest BCUT2D eigenvalue weighted by molar-refractivity contribution is 6.18. The van der Waals surface area contributed by atoms with Crippen molar-refractivity contribution in [1.82, 2.24) is 9.80 Å². The van der Waals surface area contributed by atoms with Crippen molar-refractivity contribution in [2.45, 2.75) is 13.3 Å². The second kappa shape index (κ2) is 5.07. The van der Waals surface area contributed by atoms with E-state index in [1.165, 1.54) is 19.1 Å². The molecule has 2 rings (SSSR count). The topological polar surface area (TPSA) is 69.9 Å². The Morgan fingerprint density at radius 1 is 1.35 bits per heavy atom. The highest BCUT2D eigenvalue weighted by atomic mass is 16.5. The third-order valence-electron chi connectivity index (χ3n) is 3.53. The van der Waals surface area contributed by atoms with Gasteiger partial charge in [-0.25, -0.2) is 19.1 Å². The van der Waals surface area contributed by atoms with Crippen LogP contribution in [0.2, 0.25) is 0 Å². The van der Waals surface area contributed by atoms with Crippen molar-refractivity contribution in [3.8, 4) is 0 Å². The number of hydrogen-bond acceptors (Lipinski definition) is 4. The molecule has 108 valence electrons. The van der Waals surface area contributed by atoms with Gasteiger partial charge >= 0.3 is 12.0 Å². The molecule has 1 unspecified atom stereocenters. The maximum atomic E-state index is 12.2. The molecular formula is C13H18N3O4+. The Morgan fingerprint density at radius 2 is 2.00 bits per heavy atom.